The second kappa shape index (κ2) is 6.56. The molecule has 6 heteroatoms. The first kappa shape index (κ1) is 15.9. The highest BCUT2D eigenvalue weighted by Gasteiger charge is 2.22. The number of aryl methyl sites for hydroxylation is 1. The van der Waals surface area contributed by atoms with Gasteiger partial charge in [0.2, 0.25) is 10.0 Å². The normalized spacial score (nSPS) is 15.6. The highest BCUT2D eigenvalue weighted by molar-refractivity contribution is 9.10. The molecular formula is C14H20BrNO3S. The Morgan fingerprint density at radius 3 is 2.70 bits per heavy atom. The number of aliphatic hydroxyl groups excluding tert-OH is 1. The molecule has 1 aromatic rings. The molecule has 0 heterocycles. The third kappa shape index (κ3) is 4.04. The molecule has 1 saturated carbocycles. The molecule has 1 aromatic carbocycles. The molecule has 4 nitrogen and oxygen atoms in total. The Hall–Kier alpha value is -0.430. The van der Waals surface area contributed by atoms with Crippen LogP contribution in [0.5, 0.6) is 0 Å². The lowest BCUT2D eigenvalue weighted by Gasteiger charge is -2.12. The van der Waals surface area contributed by atoms with Gasteiger partial charge < -0.3 is 5.11 Å². The number of benzene rings is 1. The van der Waals surface area contributed by atoms with Crippen LogP contribution in [0, 0.1) is 12.8 Å². The lowest BCUT2D eigenvalue weighted by molar-refractivity contribution is 0.281. The summed E-state index contributed by atoms with van der Waals surface area (Å²) in [5.74, 6) is 0.811. The number of sulfonamides is 1. The lowest BCUT2D eigenvalue weighted by atomic mass is 10.1. The molecule has 112 valence electrons. The fourth-order valence-electron chi connectivity index (χ4n) is 2.18. The molecule has 2 N–H and O–H groups in total. The van der Waals surface area contributed by atoms with Gasteiger partial charge in [0, 0.05) is 11.0 Å². The highest BCUT2D eigenvalue weighted by Crippen LogP contribution is 2.33. The average Bonchev–Trinajstić information content (AvgIpc) is 3.21. The summed E-state index contributed by atoms with van der Waals surface area (Å²) in [6, 6.07) is 3.29. The minimum absolute atomic E-state index is 0.168. The Morgan fingerprint density at radius 2 is 2.10 bits per heavy atom. The molecule has 0 spiro atoms. The van der Waals surface area contributed by atoms with Gasteiger partial charge in [0.05, 0.1) is 11.5 Å². The number of aliphatic hydroxyl groups is 1. The van der Waals surface area contributed by atoms with E-state index in [-0.39, 0.29) is 11.5 Å². The van der Waals surface area contributed by atoms with Crippen LogP contribution < -0.4 is 4.72 Å². The van der Waals surface area contributed by atoms with Gasteiger partial charge in [-0.3, -0.25) is 0 Å². The minimum Gasteiger partial charge on any atom is -0.392 e. The van der Waals surface area contributed by atoms with Crippen LogP contribution in [-0.2, 0) is 16.6 Å². The molecule has 0 radical (unpaired) electrons. The van der Waals surface area contributed by atoms with Crippen LogP contribution >= 0.6 is 15.9 Å². The van der Waals surface area contributed by atoms with E-state index in [1.807, 2.05) is 6.92 Å². The fourth-order valence-corrected chi connectivity index (χ4v) is 4.32. The number of hydrogen-bond donors (Lipinski definition) is 2. The van der Waals surface area contributed by atoms with E-state index in [9.17, 15) is 13.5 Å². The van der Waals surface area contributed by atoms with E-state index < -0.39 is 10.0 Å². The van der Waals surface area contributed by atoms with E-state index in [1.165, 1.54) is 18.9 Å². The van der Waals surface area contributed by atoms with Crippen molar-refractivity contribution in [3.8, 4) is 0 Å². The predicted octanol–water partition coefficient (Wildman–Crippen LogP) is 2.72. The zero-order valence-corrected chi connectivity index (χ0v) is 13.9. The highest BCUT2D eigenvalue weighted by atomic mass is 79.9. The van der Waals surface area contributed by atoms with Gasteiger partial charge in [0.1, 0.15) is 0 Å². The van der Waals surface area contributed by atoms with Gasteiger partial charge in [0.15, 0.2) is 0 Å². The van der Waals surface area contributed by atoms with Crippen molar-refractivity contribution in [1.82, 2.24) is 4.72 Å². The lowest BCUT2D eigenvalue weighted by Crippen LogP contribution is -2.25. The first-order valence-corrected chi connectivity index (χ1v) is 9.11. The van der Waals surface area contributed by atoms with Crippen molar-refractivity contribution in [2.24, 2.45) is 5.92 Å². The standard InChI is InChI=1S/C14H20BrNO3S/c1-10-7-12(9-17)8-13(14(10)15)20(18,19)16-6-2-3-11-4-5-11/h7-8,11,16-17H,2-6,9H2,1H3. The summed E-state index contributed by atoms with van der Waals surface area (Å²) >= 11 is 3.32. The summed E-state index contributed by atoms with van der Waals surface area (Å²) < 4.78 is 27.8. The molecule has 0 amide bonds. The van der Waals surface area contributed by atoms with Crippen molar-refractivity contribution in [3.05, 3.63) is 27.7 Å². The van der Waals surface area contributed by atoms with Gasteiger partial charge >= 0.3 is 0 Å². The molecule has 20 heavy (non-hydrogen) atoms. The summed E-state index contributed by atoms with van der Waals surface area (Å²) in [7, 11) is -3.53. The molecule has 1 aliphatic carbocycles. The van der Waals surface area contributed by atoms with E-state index >= 15 is 0 Å². The zero-order valence-electron chi connectivity index (χ0n) is 11.5. The summed E-state index contributed by atoms with van der Waals surface area (Å²) in [6.45, 7) is 2.11. The summed E-state index contributed by atoms with van der Waals surface area (Å²) in [6.07, 6.45) is 4.55. The minimum atomic E-state index is -3.53. The Kier molecular flexibility index (Phi) is 5.23. The molecule has 0 unspecified atom stereocenters. The van der Waals surface area contributed by atoms with Gasteiger partial charge in [-0.15, -0.1) is 0 Å². The number of nitrogens with one attached hydrogen (secondary N) is 1. The molecule has 2 rings (SSSR count). The molecule has 0 aliphatic heterocycles. The quantitative estimate of drug-likeness (QED) is 0.733. The third-order valence-corrected chi connectivity index (χ3v) is 6.33. The van der Waals surface area contributed by atoms with Crippen molar-refractivity contribution in [2.45, 2.75) is 44.1 Å². The molecule has 1 aliphatic rings. The maximum Gasteiger partial charge on any atom is 0.241 e. The van der Waals surface area contributed by atoms with Crippen molar-refractivity contribution >= 4 is 26.0 Å². The third-order valence-electron chi connectivity index (χ3n) is 3.53. The van der Waals surface area contributed by atoms with Crippen LogP contribution in [0.15, 0.2) is 21.5 Å². The van der Waals surface area contributed by atoms with Crippen molar-refractivity contribution < 1.29 is 13.5 Å². The van der Waals surface area contributed by atoms with Crippen molar-refractivity contribution in [2.75, 3.05) is 6.54 Å². The Balaban J connectivity index is 2.08. The monoisotopic (exact) mass is 361 g/mol. The maximum absolute atomic E-state index is 12.3. The summed E-state index contributed by atoms with van der Waals surface area (Å²) in [5, 5.41) is 9.19. The zero-order chi connectivity index (χ0) is 14.8. The van der Waals surface area contributed by atoms with Crippen LogP contribution in [0.25, 0.3) is 0 Å². The predicted molar refractivity (Wildman–Crippen MR) is 81.9 cm³/mol. The molecule has 0 bridgehead atoms. The van der Waals surface area contributed by atoms with Gasteiger partial charge in [-0.1, -0.05) is 18.9 Å². The summed E-state index contributed by atoms with van der Waals surface area (Å²) in [5.41, 5.74) is 1.40. The Labute approximate surface area is 128 Å². The largest absolute Gasteiger partial charge is 0.392 e. The van der Waals surface area contributed by atoms with Crippen LogP contribution in [0.4, 0.5) is 0 Å². The van der Waals surface area contributed by atoms with Gasteiger partial charge in [0.25, 0.3) is 0 Å². The topological polar surface area (TPSA) is 66.4 Å². The van der Waals surface area contributed by atoms with Crippen molar-refractivity contribution in [3.63, 3.8) is 0 Å². The number of hydrogen-bond acceptors (Lipinski definition) is 3. The van der Waals surface area contributed by atoms with Gasteiger partial charge in [-0.05, 0) is 58.8 Å². The molecule has 0 saturated heterocycles. The Morgan fingerprint density at radius 1 is 1.40 bits per heavy atom. The average molecular weight is 362 g/mol. The number of rotatable bonds is 7. The van der Waals surface area contributed by atoms with E-state index in [0.29, 0.717) is 16.6 Å². The van der Waals surface area contributed by atoms with E-state index in [0.717, 1.165) is 24.3 Å². The molecule has 0 atom stereocenters. The second-order valence-electron chi connectivity index (χ2n) is 5.37. The van der Waals surface area contributed by atoms with Gasteiger partial charge in [-0.2, -0.15) is 0 Å². The first-order chi connectivity index (χ1) is 9.44. The Bertz CT molecular complexity index is 582. The SMILES string of the molecule is Cc1cc(CO)cc(S(=O)(=O)NCCCC2CC2)c1Br. The fraction of sp³-hybridized carbons (Fsp3) is 0.571. The van der Waals surface area contributed by atoms with Crippen LogP contribution in [0.1, 0.15) is 36.8 Å². The van der Waals surface area contributed by atoms with Crippen LogP contribution in [-0.4, -0.2) is 20.1 Å². The second-order valence-corrected chi connectivity index (χ2v) is 7.89. The number of halogens is 1. The van der Waals surface area contributed by atoms with Gasteiger partial charge in [-0.25, -0.2) is 13.1 Å². The maximum atomic E-state index is 12.3. The smallest absolute Gasteiger partial charge is 0.241 e. The van der Waals surface area contributed by atoms with E-state index in [4.69, 9.17) is 0 Å². The molecule has 0 aromatic heterocycles. The van der Waals surface area contributed by atoms with E-state index in [1.54, 1.807) is 6.07 Å². The van der Waals surface area contributed by atoms with Crippen LogP contribution in [0.3, 0.4) is 0 Å². The van der Waals surface area contributed by atoms with Crippen molar-refractivity contribution in [1.29, 1.82) is 0 Å². The molecule has 1 fully saturated rings. The first-order valence-electron chi connectivity index (χ1n) is 6.83. The summed E-state index contributed by atoms with van der Waals surface area (Å²) in [4.78, 5) is 0.202. The van der Waals surface area contributed by atoms with E-state index in [2.05, 4.69) is 20.7 Å². The molecular weight excluding hydrogens is 342 g/mol. The van der Waals surface area contributed by atoms with Crippen LogP contribution in [0.2, 0.25) is 0 Å².